The van der Waals surface area contributed by atoms with E-state index in [0.29, 0.717) is 0 Å². The Hall–Kier alpha value is -5.34. The van der Waals surface area contributed by atoms with Crippen LogP contribution in [0.3, 0.4) is 0 Å². The fraction of sp³-hybridized carbons (Fsp3) is 0.174. The maximum atomic E-state index is 2.42. The number of para-hydroxylation sites is 3. The van der Waals surface area contributed by atoms with Crippen molar-refractivity contribution in [3.8, 4) is 5.69 Å². The summed E-state index contributed by atoms with van der Waals surface area (Å²) < 4.78 is 2.37. The summed E-state index contributed by atoms with van der Waals surface area (Å²) >= 11 is 0. The highest BCUT2D eigenvalue weighted by Gasteiger charge is 2.17. The average molecular weight is 625 g/mol. The van der Waals surface area contributed by atoms with Gasteiger partial charge in [-0.3, -0.25) is 0 Å². The van der Waals surface area contributed by atoms with Crippen molar-refractivity contribution in [3.05, 3.63) is 168 Å². The predicted octanol–water partition coefficient (Wildman–Crippen LogP) is 13.1. The minimum atomic E-state index is 1.13. The summed E-state index contributed by atoms with van der Waals surface area (Å²) in [7, 11) is 0. The molecule has 7 rings (SSSR count). The topological polar surface area (TPSA) is 8.17 Å². The molecule has 7 aromatic rings. The summed E-state index contributed by atoms with van der Waals surface area (Å²) in [5.74, 6) is 0. The second-order valence-corrected chi connectivity index (χ2v) is 12.8. The number of aryl methyl sites for hydroxylation is 2. The largest absolute Gasteiger partial charge is 0.310 e. The molecule has 0 saturated carbocycles. The lowest BCUT2D eigenvalue weighted by Gasteiger charge is -2.25. The van der Waals surface area contributed by atoms with Gasteiger partial charge in [0.15, 0.2) is 0 Å². The molecule has 0 aliphatic rings. The zero-order chi connectivity index (χ0) is 32.7. The lowest BCUT2D eigenvalue weighted by molar-refractivity contribution is 0.780. The van der Waals surface area contributed by atoms with E-state index in [1.807, 2.05) is 0 Å². The SMILES string of the molecule is CCCCc1cc(/C=C/c2ccc(N(c3ccccc3)c3ccc4c(c3)c3ccccc3n4-c3ccccc3)cc2)cc(CCCC)c1. The summed E-state index contributed by atoms with van der Waals surface area (Å²) in [5.41, 5.74) is 12.4. The second-order valence-electron chi connectivity index (χ2n) is 12.8. The van der Waals surface area contributed by atoms with Crippen molar-refractivity contribution in [2.45, 2.75) is 52.4 Å². The molecular formula is C46H44N2. The number of rotatable bonds is 12. The van der Waals surface area contributed by atoms with Crippen molar-refractivity contribution in [1.82, 2.24) is 4.57 Å². The molecule has 0 N–H and O–H groups in total. The Balaban J connectivity index is 1.24. The van der Waals surface area contributed by atoms with E-state index in [1.54, 1.807) is 0 Å². The van der Waals surface area contributed by atoms with Gasteiger partial charge in [0.25, 0.3) is 0 Å². The van der Waals surface area contributed by atoms with Crippen LogP contribution < -0.4 is 4.90 Å². The summed E-state index contributed by atoms with van der Waals surface area (Å²) in [6.07, 6.45) is 11.8. The Bertz CT molecular complexity index is 2110. The van der Waals surface area contributed by atoms with Crippen molar-refractivity contribution >= 4 is 51.0 Å². The summed E-state index contributed by atoms with van der Waals surface area (Å²) in [4.78, 5) is 2.36. The third kappa shape index (κ3) is 6.71. The molecule has 0 unspecified atom stereocenters. The Kier molecular flexibility index (Phi) is 9.52. The monoisotopic (exact) mass is 624 g/mol. The Morgan fingerprint density at radius 2 is 1.04 bits per heavy atom. The van der Waals surface area contributed by atoms with Crippen LogP contribution in [0, 0.1) is 0 Å². The van der Waals surface area contributed by atoms with Gasteiger partial charge in [0.1, 0.15) is 0 Å². The van der Waals surface area contributed by atoms with Crippen molar-refractivity contribution in [3.63, 3.8) is 0 Å². The van der Waals surface area contributed by atoms with E-state index in [1.165, 1.54) is 75.4 Å². The number of unbranched alkanes of at least 4 members (excludes halogenated alkanes) is 2. The van der Waals surface area contributed by atoms with Crippen molar-refractivity contribution in [1.29, 1.82) is 0 Å². The molecule has 238 valence electrons. The average Bonchev–Trinajstić information content (AvgIpc) is 3.47. The van der Waals surface area contributed by atoms with E-state index in [-0.39, 0.29) is 0 Å². The van der Waals surface area contributed by atoms with Crippen LogP contribution in [0.15, 0.2) is 146 Å². The van der Waals surface area contributed by atoms with Crippen LogP contribution in [0.5, 0.6) is 0 Å². The number of benzene rings is 6. The van der Waals surface area contributed by atoms with E-state index in [2.05, 4.69) is 181 Å². The van der Waals surface area contributed by atoms with Gasteiger partial charge in [-0.05, 0) is 109 Å². The second kappa shape index (κ2) is 14.6. The Morgan fingerprint density at radius 3 is 1.73 bits per heavy atom. The van der Waals surface area contributed by atoms with Crippen LogP contribution >= 0.6 is 0 Å². The van der Waals surface area contributed by atoms with Crippen LogP contribution in [0.25, 0.3) is 39.6 Å². The van der Waals surface area contributed by atoms with E-state index in [9.17, 15) is 0 Å². The van der Waals surface area contributed by atoms with Crippen LogP contribution in [0.4, 0.5) is 17.1 Å². The predicted molar refractivity (Wildman–Crippen MR) is 208 cm³/mol. The van der Waals surface area contributed by atoms with Gasteiger partial charge in [0, 0.05) is 33.5 Å². The number of fused-ring (bicyclic) bond motifs is 3. The third-order valence-electron chi connectivity index (χ3n) is 9.28. The van der Waals surface area contributed by atoms with Gasteiger partial charge < -0.3 is 9.47 Å². The van der Waals surface area contributed by atoms with Crippen LogP contribution in [0.2, 0.25) is 0 Å². The number of aromatic nitrogens is 1. The van der Waals surface area contributed by atoms with Crippen molar-refractivity contribution in [2.24, 2.45) is 0 Å². The van der Waals surface area contributed by atoms with E-state index < -0.39 is 0 Å². The molecule has 6 aromatic carbocycles. The zero-order valence-corrected chi connectivity index (χ0v) is 28.1. The molecular weight excluding hydrogens is 581 g/mol. The zero-order valence-electron chi connectivity index (χ0n) is 28.1. The van der Waals surface area contributed by atoms with Gasteiger partial charge in [-0.25, -0.2) is 0 Å². The highest BCUT2D eigenvalue weighted by Crippen LogP contribution is 2.39. The lowest BCUT2D eigenvalue weighted by Crippen LogP contribution is -2.09. The summed E-state index contributed by atoms with van der Waals surface area (Å²) in [6.45, 7) is 4.54. The summed E-state index contributed by atoms with van der Waals surface area (Å²) in [6, 6.07) is 53.1. The molecule has 0 spiro atoms. The van der Waals surface area contributed by atoms with Crippen molar-refractivity contribution < 1.29 is 0 Å². The Labute approximate surface area is 285 Å². The Morgan fingerprint density at radius 1 is 0.479 bits per heavy atom. The molecule has 0 radical (unpaired) electrons. The molecule has 0 saturated heterocycles. The van der Waals surface area contributed by atoms with Crippen molar-refractivity contribution in [2.75, 3.05) is 4.90 Å². The first-order valence-corrected chi connectivity index (χ1v) is 17.6. The van der Waals surface area contributed by atoms with Crippen LogP contribution in [-0.2, 0) is 12.8 Å². The van der Waals surface area contributed by atoms with E-state index >= 15 is 0 Å². The first kappa shape index (κ1) is 31.3. The molecule has 2 heteroatoms. The number of anilines is 3. The maximum Gasteiger partial charge on any atom is 0.0542 e. The number of hydrogen-bond acceptors (Lipinski definition) is 1. The van der Waals surface area contributed by atoms with Gasteiger partial charge in [-0.2, -0.15) is 0 Å². The van der Waals surface area contributed by atoms with E-state index in [0.717, 1.165) is 29.9 Å². The highest BCUT2D eigenvalue weighted by molar-refractivity contribution is 6.10. The minimum absolute atomic E-state index is 1.13. The normalized spacial score (nSPS) is 11.5. The van der Waals surface area contributed by atoms with Crippen LogP contribution in [0.1, 0.15) is 61.8 Å². The maximum absolute atomic E-state index is 2.42. The molecule has 1 aromatic heterocycles. The van der Waals surface area contributed by atoms with Crippen LogP contribution in [-0.4, -0.2) is 4.57 Å². The first-order valence-electron chi connectivity index (χ1n) is 17.6. The molecule has 0 bridgehead atoms. The molecule has 0 aliphatic heterocycles. The standard InChI is InChI=1S/C46H44N2/c1-3-5-15-36-31-37(16-6-4-2)33-38(32-36)24-23-35-25-27-41(28-26-35)47(39-17-9-7-10-18-39)42-29-30-46-44(34-42)43-21-13-14-22-45(43)48(46)40-19-11-8-12-20-40/h7-14,17-34H,3-6,15-16H2,1-2H3/b24-23+. The van der Waals surface area contributed by atoms with Gasteiger partial charge in [-0.1, -0.05) is 124 Å². The molecule has 2 nitrogen and oxygen atoms in total. The van der Waals surface area contributed by atoms with Gasteiger partial charge >= 0.3 is 0 Å². The highest BCUT2D eigenvalue weighted by atomic mass is 15.1. The van der Waals surface area contributed by atoms with Gasteiger partial charge in [0.05, 0.1) is 11.0 Å². The lowest BCUT2D eigenvalue weighted by atomic mass is 9.98. The molecule has 0 fully saturated rings. The van der Waals surface area contributed by atoms with E-state index in [4.69, 9.17) is 0 Å². The summed E-state index contributed by atoms with van der Waals surface area (Å²) in [5, 5.41) is 2.50. The quantitative estimate of drug-likeness (QED) is 0.123. The smallest absolute Gasteiger partial charge is 0.0542 e. The molecule has 0 atom stereocenters. The molecule has 48 heavy (non-hydrogen) atoms. The fourth-order valence-electron chi connectivity index (χ4n) is 6.84. The molecule has 0 amide bonds. The number of hydrogen-bond donors (Lipinski definition) is 0. The van der Waals surface area contributed by atoms with Gasteiger partial charge in [0.2, 0.25) is 0 Å². The van der Waals surface area contributed by atoms with Gasteiger partial charge in [-0.15, -0.1) is 0 Å². The third-order valence-corrected chi connectivity index (χ3v) is 9.28. The minimum Gasteiger partial charge on any atom is -0.310 e. The molecule has 0 aliphatic carbocycles. The fourth-order valence-corrected chi connectivity index (χ4v) is 6.84. The molecule has 1 heterocycles. The first-order chi connectivity index (χ1) is 23.7. The number of nitrogens with zero attached hydrogens (tertiary/aromatic N) is 2.